The molecule has 3 aromatic carbocycles. The summed E-state index contributed by atoms with van der Waals surface area (Å²) in [6, 6.07) is 28.1. The van der Waals surface area contributed by atoms with Crippen molar-refractivity contribution in [3.63, 3.8) is 0 Å². The molecule has 0 fully saturated rings. The SMILES string of the molecule is CC(NC(=S)NCCc1ccccc1)P(=O)(Oc1ccccc1)Oc1ccccc1. The molecule has 156 valence electrons. The van der Waals surface area contributed by atoms with Crippen molar-refractivity contribution in [1.29, 1.82) is 0 Å². The van der Waals surface area contributed by atoms with Crippen LogP contribution in [0.4, 0.5) is 0 Å². The number of thiocarbonyl (C=S) groups is 1. The van der Waals surface area contributed by atoms with E-state index in [2.05, 4.69) is 22.8 Å². The fourth-order valence-corrected chi connectivity index (χ4v) is 4.56. The van der Waals surface area contributed by atoms with Gasteiger partial charge in [0.15, 0.2) is 10.9 Å². The van der Waals surface area contributed by atoms with Gasteiger partial charge in [-0.3, -0.25) is 0 Å². The van der Waals surface area contributed by atoms with Crippen molar-refractivity contribution >= 4 is 24.9 Å². The summed E-state index contributed by atoms with van der Waals surface area (Å²) in [7, 11) is -3.64. The third-order valence-corrected chi connectivity index (χ3v) is 6.58. The maximum Gasteiger partial charge on any atom is 0.452 e. The van der Waals surface area contributed by atoms with Crippen molar-refractivity contribution < 1.29 is 13.6 Å². The van der Waals surface area contributed by atoms with Crippen LogP contribution in [-0.2, 0) is 11.0 Å². The fraction of sp³-hybridized carbons (Fsp3) is 0.174. The molecule has 3 rings (SSSR count). The van der Waals surface area contributed by atoms with Crippen LogP contribution in [-0.4, -0.2) is 17.4 Å². The number of nitrogens with one attached hydrogen (secondary N) is 2. The molecule has 0 aromatic heterocycles. The fourth-order valence-electron chi connectivity index (χ4n) is 2.72. The van der Waals surface area contributed by atoms with Crippen molar-refractivity contribution in [3.05, 3.63) is 96.6 Å². The molecule has 7 heteroatoms. The molecule has 0 radical (unpaired) electrons. The van der Waals surface area contributed by atoms with E-state index in [1.165, 1.54) is 5.56 Å². The number of hydrogen-bond donors (Lipinski definition) is 2. The van der Waals surface area contributed by atoms with E-state index in [4.69, 9.17) is 21.3 Å². The highest BCUT2D eigenvalue weighted by atomic mass is 32.1. The van der Waals surface area contributed by atoms with Crippen LogP contribution in [0, 0.1) is 0 Å². The van der Waals surface area contributed by atoms with E-state index in [1.807, 2.05) is 54.6 Å². The van der Waals surface area contributed by atoms with Crippen molar-refractivity contribution in [2.24, 2.45) is 0 Å². The minimum absolute atomic E-state index is 0.395. The summed E-state index contributed by atoms with van der Waals surface area (Å²) < 4.78 is 25.3. The van der Waals surface area contributed by atoms with Crippen LogP contribution >= 0.6 is 19.8 Å². The number of rotatable bonds is 9. The van der Waals surface area contributed by atoms with E-state index in [9.17, 15) is 4.57 Å². The maximum absolute atomic E-state index is 13.7. The Morgan fingerprint density at radius 3 is 1.83 bits per heavy atom. The van der Waals surface area contributed by atoms with Crippen molar-refractivity contribution in [2.45, 2.75) is 19.1 Å². The van der Waals surface area contributed by atoms with Gasteiger partial charge in [-0.05, 0) is 55.4 Å². The molecule has 0 spiro atoms. The molecule has 1 unspecified atom stereocenters. The number of hydrogen-bond acceptors (Lipinski definition) is 4. The molecule has 0 heterocycles. The van der Waals surface area contributed by atoms with Crippen molar-refractivity contribution in [1.82, 2.24) is 10.6 Å². The maximum atomic E-state index is 13.7. The molecule has 0 aliphatic heterocycles. The second-order valence-corrected chi connectivity index (χ2v) is 9.29. The first kappa shape index (κ1) is 21.9. The van der Waals surface area contributed by atoms with Gasteiger partial charge in [0, 0.05) is 6.54 Å². The van der Waals surface area contributed by atoms with E-state index >= 15 is 0 Å². The second-order valence-electron chi connectivity index (χ2n) is 6.66. The summed E-state index contributed by atoms with van der Waals surface area (Å²) in [5, 5.41) is 6.60. The lowest BCUT2D eigenvalue weighted by Gasteiger charge is -2.26. The molecule has 0 bridgehead atoms. The first-order valence-electron chi connectivity index (χ1n) is 9.72. The van der Waals surface area contributed by atoms with Crippen LogP contribution in [0.5, 0.6) is 11.5 Å². The van der Waals surface area contributed by atoms with Gasteiger partial charge in [-0.1, -0.05) is 66.7 Å². The Bertz CT molecular complexity index is 926. The Morgan fingerprint density at radius 1 is 0.867 bits per heavy atom. The van der Waals surface area contributed by atoms with Crippen LogP contribution in [0.15, 0.2) is 91.0 Å². The Balaban J connectivity index is 1.64. The van der Waals surface area contributed by atoms with E-state index in [0.717, 1.165) is 6.42 Å². The molecular weight excluding hydrogens is 415 g/mol. The van der Waals surface area contributed by atoms with Gasteiger partial charge < -0.3 is 19.7 Å². The lowest BCUT2D eigenvalue weighted by atomic mass is 10.1. The lowest BCUT2D eigenvalue weighted by molar-refractivity contribution is 0.370. The Kier molecular flexibility index (Phi) is 7.89. The minimum atomic E-state index is -3.64. The van der Waals surface area contributed by atoms with Gasteiger partial charge in [-0.15, -0.1) is 0 Å². The Labute approximate surface area is 183 Å². The molecule has 3 aromatic rings. The zero-order chi connectivity index (χ0) is 21.2. The molecular formula is C23H25N2O3PS. The topological polar surface area (TPSA) is 59.6 Å². The molecule has 2 N–H and O–H groups in total. The van der Waals surface area contributed by atoms with Crippen LogP contribution in [0.3, 0.4) is 0 Å². The molecule has 30 heavy (non-hydrogen) atoms. The number of benzene rings is 3. The molecule has 1 atom stereocenters. The summed E-state index contributed by atoms with van der Waals surface area (Å²) >= 11 is 5.39. The highest BCUT2D eigenvalue weighted by molar-refractivity contribution is 7.80. The van der Waals surface area contributed by atoms with E-state index in [1.54, 1.807) is 31.2 Å². The first-order chi connectivity index (χ1) is 14.5. The van der Waals surface area contributed by atoms with Crippen molar-refractivity contribution in [2.75, 3.05) is 6.54 Å². The molecule has 0 aliphatic rings. The second kappa shape index (κ2) is 10.8. The van der Waals surface area contributed by atoms with E-state index in [0.29, 0.717) is 23.2 Å². The van der Waals surface area contributed by atoms with Gasteiger partial charge in [0.05, 0.1) is 0 Å². The zero-order valence-electron chi connectivity index (χ0n) is 16.7. The highest BCUT2D eigenvalue weighted by Crippen LogP contribution is 2.51. The van der Waals surface area contributed by atoms with E-state index < -0.39 is 13.4 Å². The monoisotopic (exact) mass is 440 g/mol. The number of para-hydroxylation sites is 2. The van der Waals surface area contributed by atoms with Crippen LogP contribution in [0.25, 0.3) is 0 Å². The smallest absolute Gasteiger partial charge is 0.415 e. The van der Waals surface area contributed by atoms with Gasteiger partial charge in [0.1, 0.15) is 11.5 Å². The highest BCUT2D eigenvalue weighted by Gasteiger charge is 2.36. The van der Waals surface area contributed by atoms with Gasteiger partial charge in [-0.2, -0.15) is 0 Å². The molecule has 0 saturated carbocycles. The molecule has 5 nitrogen and oxygen atoms in total. The normalized spacial score (nSPS) is 11.9. The molecule has 0 amide bonds. The Hall–Kier alpha value is -2.82. The van der Waals surface area contributed by atoms with Crippen molar-refractivity contribution in [3.8, 4) is 11.5 Å². The third kappa shape index (κ3) is 6.61. The lowest BCUT2D eigenvalue weighted by Crippen LogP contribution is -2.42. The van der Waals surface area contributed by atoms with E-state index in [-0.39, 0.29) is 0 Å². The predicted octanol–water partition coefficient (Wildman–Crippen LogP) is 5.39. The Morgan fingerprint density at radius 2 is 1.33 bits per heavy atom. The first-order valence-corrected chi connectivity index (χ1v) is 11.7. The average Bonchev–Trinajstić information content (AvgIpc) is 2.76. The van der Waals surface area contributed by atoms with Crippen LogP contribution < -0.4 is 19.7 Å². The van der Waals surface area contributed by atoms with Gasteiger partial charge >= 0.3 is 7.60 Å². The van der Waals surface area contributed by atoms with Gasteiger partial charge in [-0.25, -0.2) is 4.57 Å². The summed E-state index contributed by atoms with van der Waals surface area (Å²) in [4.78, 5) is 0. The molecule has 0 saturated heterocycles. The average molecular weight is 441 g/mol. The zero-order valence-corrected chi connectivity index (χ0v) is 18.4. The summed E-state index contributed by atoms with van der Waals surface area (Å²) in [5.41, 5.74) is 1.21. The molecule has 0 aliphatic carbocycles. The minimum Gasteiger partial charge on any atom is -0.415 e. The summed E-state index contributed by atoms with van der Waals surface area (Å²) in [5.74, 6) is 0.261. The van der Waals surface area contributed by atoms with Crippen LogP contribution in [0.2, 0.25) is 0 Å². The quantitative estimate of drug-likeness (QED) is 0.344. The van der Waals surface area contributed by atoms with Gasteiger partial charge in [0.2, 0.25) is 0 Å². The van der Waals surface area contributed by atoms with Gasteiger partial charge in [0.25, 0.3) is 0 Å². The standard InChI is InChI=1S/C23H25N2O3PS/c1-19(25-23(30)24-18-17-20-11-5-2-6-12-20)29(26,27-21-13-7-3-8-14-21)28-22-15-9-4-10-16-22/h2-16,19H,17-18H2,1H3,(H2,24,25,30). The third-order valence-electron chi connectivity index (χ3n) is 4.31. The largest absolute Gasteiger partial charge is 0.452 e. The summed E-state index contributed by atoms with van der Waals surface area (Å²) in [6.45, 7) is 2.39. The summed E-state index contributed by atoms with van der Waals surface area (Å²) in [6.07, 6.45) is 0.829. The van der Waals surface area contributed by atoms with Crippen LogP contribution in [0.1, 0.15) is 12.5 Å². The predicted molar refractivity (Wildman–Crippen MR) is 125 cm³/mol.